The van der Waals surface area contributed by atoms with E-state index < -0.39 is 0 Å². The number of hydrogen-bond donors (Lipinski definition) is 1. The van der Waals surface area contributed by atoms with Crippen LogP contribution in [0.2, 0.25) is 5.02 Å². The summed E-state index contributed by atoms with van der Waals surface area (Å²) in [6.45, 7) is 1.74. The SMILES string of the molecule is CN(CCOc1ccccc1Cl)Cc1nc2ccsc2c(=O)[nH]1. The van der Waals surface area contributed by atoms with Gasteiger partial charge in [-0.15, -0.1) is 11.3 Å². The van der Waals surface area contributed by atoms with Crippen LogP contribution in [-0.4, -0.2) is 35.1 Å². The van der Waals surface area contributed by atoms with Crippen LogP contribution in [0.15, 0.2) is 40.5 Å². The largest absolute Gasteiger partial charge is 0.491 e. The zero-order valence-electron chi connectivity index (χ0n) is 12.6. The summed E-state index contributed by atoms with van der Waals surface area (Å²) in [5.41, 5.74) is 0.662. The molecule has 0 atom stereocenters. The fourth-order valence-corrected chi connectivity index (χ4v) is 3.12. The second-order valence-electron chi connectivity index (χ2n) is 5.16. The van der Waals surface area contributed by atoms with Crippen LogP contribution in [0.3, 0.4) is 0 Å². The number of nitrogens with zero attached hydrogens (tertiary/aromatic N) is 2. The number of halogens is 1. The van der Waals surface area contributed by atoms with E-state index in [4.69, 9.17) is 16.3 Å². The molecule has 0 unspecified atom stereocenters. The van der Waals surface area contributed by atoms with Gasteiger partial charge in [-0.05, 0) is 30.6 Å². The molecule has 0 fully saturated rings. The van der Waals surface area contributed by atoms with E-state index >= 15 is 0 Å². The van der Waals surface area contributed by atoms with Crippen LogP contribution in [0, 0.1) is 0 Å². The van der Waals surface area contributed by atoms with Crippen molar-refractivity contribution in [3.05, 3.63) is 56.9 Å². The molecule has 3 aromatic rings. The van der Waals surface area contributed by atoms with Gasteiger partial charge >= 0.3 is 0 Å². The molecule has 1 aromatic carbocycles. The minimum atomic E-state index is -0.0827. The van der Waals surface area contributed by atoms with Gasteiger partial charge < -0.3 is 9.72 Å². The van der Waals surface area contributed by atoms with Crippen molar-refractivity contribution in [3.63, 3.8) is 0 Å². The topological polar surface area (TPSA) is 58.2 Å². The molecule has 0 saturated carbocycles. The zero-order chi connectivity index (χ0) is 16.2. The Morgan fingerprint density at radius 1 is 1.35 bits per heavy atom. The number of hydrogen-bond acceptors (Lipinski definition) is 5. The third-order valence-corrected chi connectivity index (χ3v) is 4.57. The van der Waals surface area contributed by atoms with E-state index in [1.807, 2.05) is 41.6 Å². The predicted octanol–water partition coefficient (Wildman–Crippen LogP) is 3.15. The predicted molar refractivity (Wildman–Crippen MR) is 93.5 cm³/mol. The highest BCUT2D eigenvalue weighted by molar-refractivity contribution is 7.17. The van der Waals surface area contributed by atoms with Crippen LogP contribution in [0.5, 0.6) is 5.75 Å². The van der Waals surface area contributed by atoms with E-state index in [9.17, 15) is 4.79 Å². The normalized spacial score (nSPS) is 11.3. The first-order valence-electron chi connectivity index (χ1n) is 7.16. The van der Waals surface area contributed by atoms with Gasteiger partial charge in [-0.3, -0.25) is 9.69 Å². The van der Waals surface area contributed by atoms with Crippen molar-refractivity contribution in [2.45, 2.75) is 6.54 Å². The van der Waals surface area contributed by atoms with Gasteiger partial charge in [0.05, 0.1) is 17.1 Å². The smallest absolute Gasteiger partial charge is 0.268 e. The summed E-state index contributed by atoms with van der Waals surface area (Å²) in [6.07, 6.45) is 0. The number of likely N-dealkylation sites (N-methyl/N-ethyl adjacent to an activating group) is 1. The fraction of sp³-hybridized carbons (Fsp3) is 0.250. The standard InChI is InChI=1S/C16H16ClN3O2S/c1-20(7-8-22-13-5-3-2-4-11(13)17)10-14-18-12-6-9-23-15(12)16(21)19-14/h2-6,9H,7-8,10H2,1H3,(H,18,19,21). The fourth-order valence-electron chi connectivity index (χ4n) is 2.20. The van der Waals surface area contributed by atoms with Gasteiger partial charge in [-0.25, -0.2) is 4.98 Å². The number of rotatable bonds is 6. The van der Waals surface area contributed by atoms with E-state index in [2.05, 4.69) is 9.97 Å². The molecule has 3 rings (SSSR count). The quantitative estimate of drug-likeness (QED) is 0.742. The van der Waals surface area contributed by atoms with Crippen molar-refractivity contribution in [2.24, 2.45) is 0 Å². The summed E-state index contributed by atoms with van der Waals surface area (Å²) in [5.74, 6) is 1.33. The van der Waals surface area contributed by atoms with Crippen LogP contribution in [0.25, 0.3) is 10.2 Å². The Hall–Kier alpha value is -1.89. The lowest BCUT2D eigenvalue weighted by molar-refractivity contribution is 0.230. The van der Waals surface area contributed by atoms with Gasteiger partial charge in [-0.2, -0.15) is 0 Å². The lowest BCUT2D eigenvalue weighted by Crippen LogP contribution is -2.26. The summed E-state index contributed by atoms with van der Waals surface area (Å²) in [6, 6.07) is 9.25. The molecule has 0 aliphatic rings. The monoisotopic (exact) mass is 349 g/mol. The van der Waals surface area contributed by atoms with E-state index in [-0.39, 0.29) is 5.56 Å². The van der Waals surface area contributed by atoms with Crippen molar-refractivity contribution >= 4 is 33.2 Å². The molecule has 23 heavy (non-hydrogen) atoms. The minimum absolute atomic E-state index is 0.0827. The third kappa shape index (κ3) is 3.90. The molecule has 0 saturated heterocycles. The Labute approximate surface area is 142 Å². The van der Waals surface area contributed by atoms with Crippen molar-refractivity contribution in [3.8, 4) is 5.75 Å². The van der Waals surface area contributed by atoms with Crippen molar-refractivity contribution in [1.29, 1.82) is 0 Å². The van der Waals surface area contributed by atoms with Gasteiger partial charge in [0.1, 0.15) is 22.9 Å². The summed E-state index contributed by atoms with van der Waals surface area (Å²) in [5, 5.41) is 2.47. The van der Waals surface area contributed by atoms with Gasteiger partial charge in [0.25, 0.3) is 5.56 Å². The number of H-pyrrole nitrogens is 1. The molecule has 7 heteroatoms. The molecule has 0 spiro atoms. The molecule has 0 bridgehead atoms. The third-order valence-electron chi connectivity index (χ3n) is 3.35. The van der Waals surface area contributed by atoms with Gasteiger partial charge in [0.2, 0.25) is 0 Å². The Bertz CT molecular complexity index is 862. The van der Waals surface area contributed by atoms with Crippen LogP contribution in [0.4, 0.5) is 0 Å². The second-order valence-corrected chi connectivity index (χ2v) is 6.49. The van der Waals surface area contributed by atoms with Gasteiger partial charge in [-0.1, -0.05) is 23.7 Å². The number of nitrogens with one attached hydrogen (secondary N) is 1. The number of thiophene rings is 1. The minimum Gasteiger partial charge on any atom is -0.491 e. The number of aromatic nitrogens is 2. The van der Waals surface area contributed by atoms with Crippen molar-refractivity contribution in [2.75, 3.05) is 20.2 Å². The highest BCUT2D eigenvalue weighted by Crippen LogP contribution is 2.22. The highest BCUT2D eigenvalue weighted by atomic mass is 35.5. The van der Waals surface area contributed by atoms with Gasteiger partial charge in [0.15, 0.2) is 0 Å². The number of para-hydroxylation sites is 1. The summed E-state index contributed by atoms with van der Waals surface area (Å²) < 4.78 is 6.33. The molecule has 0 aliphatic heterocycles. The van der Waals surface area contributed by atoms with Crippen LogP contribution < -0.4 is 10.3 Å². The number of benzene rings is 1. The average Bonchev–Trinajstić information content (AvgIpc) is 2.98. The van der Waals surface area contributed by atoms with E-state index in [1.54, 1.807) is 6.07 Å². The van der Waals surface area contributed by atoms with Crippen molar-refractivity contribution in [1.82, 2.24) is 14.9 Å². The maximum atomic E-state index is 11.9. The van der Waals surface area contributed by atoms with Gasteiger partial charge in [0, 0.05) is 6.54 Å². The summed E-state index contributed by atoms with van der Waals surface area (Å²) >= 11 is 7.45. The molecule has 2 aromatic heterocycles. The second kappa shape index (κ2) is 7.12. The molecule has 2 heterocycles. The maximum Gasteiger partial charge on any atom is 0.268 e. The maximum absolute atomic E-state index is 11.9. The van der Waals surface area contributed by atoms with E-state index in [0.717, 1.165) is 5.52 Å². The molecular weight excluding hydrogens is 334 g/mol. The first kappa shape index (κ1) is 16.0. The summed E-state index contributed by atoms with van der Waals surface area (Å²) in [7, 11) is 1.95. The molecule has 0 aliphatic carbocycles. The lowest BCUT2D eigenvalue weighted by atomic mass is 10.3. The number of ether oxygens (including phenoxy) is 1. The van der Waals surface area contributed by atoms with Crippen LogP contribution in [-0.2, 0) is 6.54 Å². The van der Waals surface area contributed by atoms with E-state index in [0.29, 0.717) is 41.0 Å². The van der Waals surface area contributed by atoms with Crippen LogP contribution >= 0.6 is 22.9 Å². The molecule has 0 amide bonds. The Morgan fingerprint density at radius 3 is 3.00 bits per heavy atom. The molecule has 5 nitrogen and oxygen atoms in total. The van der Waals surface area contributed by atoms with Crippen LogP contribution in [0.1, 0.15) is 5.82 Å². The first-order chi connectivity index (χ1) is 11.1. The molecule has 0 radical (unpaired) electrons. The zero-order valence-corrected chi connectivity index (χ0v) is 14.2. The van der Waals surface area contributed by atoms with E-state index in [1.165, 1.54) is 11.3 Å². The molecule has 1 N–H and O–H groups in total. The van der Waals surface area contributed by atoms with Crippen molar-refractivity contribution < 1.29 is 4.74 Å². The Balaban J connectivity index is 1.57. The molecular formula is C16H16ClN3O2S. The number of aromatic amines is 1. The number of fused-ring (bicyclic) bond motifs is 1. The summed E-state index contributed by atoms with van der Waals surface area (Å²) in [4.78, 5) is 21.3. The average molecular weight is 350 g/mol. The Morgan fingerprint density at radius 2 is 2.17 bits per heavy atom. The lowest BCUT2D eigenvalue weighted by Gasteiger charge is -2.16. The highest BCUT2D eigenvalue weighted by Gasteiger charge is 2.08. The molecule has 120 valence electrons. The first-order valence-corrected chi connectivity index (χ1v) is 8.41. The Kier molecular flexibility index (Phi) is 4.95.